The third-order valence-electron chi connectivity index (χ3n) is 1.58. The number of pyridine rings is 1. The van der Waals surface area contributed by atoms with Gasteiger partial charge in [0.25, 0.3) is 0 Å². The average molecular weight is 200 g/mol. The van der Waals surface area contributed by atoms with Crippen LogP contribution in [-0.2, 0) is 17.1 Å². The Morgan fingerprint density at radius 1 is 1.00 bits per heavy atom. The van der Waals surface area contributed by atoms with Crippen molar-refractivity contribution in [1.29, 1.82) is 0 Å². The Hall–Kier alpha value is -1.05. The van der Waals surface area contributed by atoms with Gasteiger partial charge in [-0.25, -0.2) is 4.98 Å². The van der Waals surface area contributed by atoms with E-state index in [0.29, 0.717) is 0 Å². The molecule has 12 heavy (non-hydrogen) atoms. The number of fused-ring (bicyclic) bond motifs is 1. The summed E-state index contributed by atoms with van der Waals surface area (Å²) in [5.41, 5.74) is 0.826. The monoisotopic (exact) mass is 200 g/mol. The maximum Gasteiger partial charge on any atom is 0.211 e. The SMILES string of the molecule is Oc1ccc2ccccc2n1.[Mn]. The molecule has 2 nitrogen and oxygen atoms in total. The summed E-state index contributed by atoms with van der Waals surface area (Å²) in [7, 11) is 0. The van der Waals surface area contributed by atoms with Crippen molar-refractivity contribution in [3.8, 4) is 5.88 Å². The van der Waals surface area contributed by atoms with E-state index < -0.39 is 0 Å². The standard InChI is InChI=1S/C9H7NO.Mn/c11-9-6-5-7-3-1-2-4-8(7)10-9;/h1-6H,(H,10,11);. The van der Waals surface area contributed by atoms with Crippen molar-refractivity contribution < 1.29 is 22.2 Å². The summed E-state index contributed by atoms with van der Waals surface area (Å²) in [5.74, 6) is 0.0729. The molecule has 1 aromatic heterocycles. The van der Waals surface area contributed by atoms with Gasteiger partial charge in [0.15, 0.2) is 0 Å². The van der Waals surface area contributed by atoms with Crippen LogP contribution in [0.1, 0.15) is 0 Å². The summed E-state index contributed by atoms with van der Waals surface area (Å²) in [4.78, 5) is 3.93. The topological polar surface area (TPSA) is 33.1 Å². The third-order valence-corrected chi connectivity index (χ3v) is 1.58. The minimum absolute atomic E-state index is 0. The minimum atomic E-state index is 0. The quantitative estimate of drug-likeness (QED) is 0.659. The van der Waals surface area contributed by atoms with Crippen LogP contribution in [0.3, 0.4) is 0 Å². The van der Waals surface area contributed by atoms with Gasteiger partial charge in [0, 0.05) is 28.5 Å². The smallest absolute Gasteiger partial charge is 0.211 e. The van der Waals surface area contributed by atoms with Gasteiger partial charge in [0.05, 0.1) is 5.52 Å². The fraction of sp³-hybridized carbons (Fsp3) is 0. The first-order chi connectivity index (χ1) is 5.36. The Labute approximate surface area is 80.7 Å². The zero-order chi connectivity index (χ0) is 7.68. The van der Waals surface area contributed by atoms with E-state index in [2.05, 4.69) is 4.98 Å². The van der Waals surface area contributed by atoms with Gasteiger partial charge >= 0.3 is 0 Å². The largest absolute Gasteiger partial charge is 0.493 e. The normalized spacial score (nSPS) is 9.33. The molecule has 0 unspecified atom stereocenters. The van der Waals surface area contributed by atoms with Crippen molar-refractivity contribution >= 4 is 10.9 Å². The van der Waals surface area contributed by atoms with Crippen LogP contribution >= 0.6 is 0 Å². The Morgan fingerprint density at radius 3 is 2.58 bits per heavy atom. The first-order valence-corrected chi connectivity index (χ1v) is 3.41. The number of para-hydroxylation sites is 1. The van der Waals surface area contributed by atoms with Gasteiger partial charge in [-0.1, -0.05) is 18.2 Å². The van der Waals surface area contributed by atoms with Crippen molar-refractivity contribution in [2.45, 2.75) is 0 Å². The van der Waals surface area contributed by atoms with Gasteiger partial charge in [-0.05, 0) is 12.1 Å². The van der Waals surface area contributed by atoms with E-state index in [1.165, 1.54) is 0 Å². The number of hydrogen-bond donors (Lipinski definition) is 1. The maximum atomic E-state index is 9.02. The molecular weight excluding hydrogens is 193 g/mol. The summed E-state index contributed by atoms with van der Waals surface area (Å²) in [6.07, 6.45) is 0. The molecule has 1 heterocycles. The first-order valence-electron chi connectivity index (χ1n) is 3.41. The average Bonchev–Trinajstić information content (AvgIpc) is 2.04. The molecule has 0 aliphatic rings. The van der Waals surface area contributed by atoms with Crippen LogP contribution in [0.15, 0.2) is 36.4 Å². The van der Waals surface area contributed by atoms with E-state index in [-0.39, 0.29) is 22.9 Å². The van der Waals surface area contributed by atoms with E-state index in [4.69, 9.17) is 5.11 Å². The van der Waals surface area contributed by atoms with Crippen LogP contribution in [0.5, 0.6) is 5.88 Å². The van der Waals surface area contributed by atoms with E-state index in [1.807, 2.05) is 30.3 Å². The predicted octanol–water partition coefficient (Wildman–Crippen LogP) is 1.94. The second-order valence-corrected chi connectivity index (χ2v) is 2.36. The molecule has 0 aliphatic heterocycles. The summed E-state index contributed by atoms with van der Waals surface area (Å²) >= 11 is 0. The van der Waals surface area contributed by atoms with Gasteiger partial charge in [-0.15, -0.1) is 0 Å². The molecule has 1 N–H and O–H groups in total. The number of nitrogens with zero attached hydrogens (tertiary/aromatic N) is 1. The fourth-order valence-electron chi connectivity index (χ4n) is 1.06. The molecule has 0 aliphatic carbocycles. The maximum absolute atomic E-state index is 9.02. The molecule has 61 valence electrons. The Bertz CT molecular complexity index is 389. The second-order valence-electron chi connectivity index (χ2n) is 2.36. The number of hydrogen-bond acceptors (Lipinski definition) is 2. The molecule has 1 aromatic carbocycles. The van der Waals surface area contributed by atoms with Gasteiger partial charge < -0.3 is 5.11 Å². The fourth-order valence-corrected chi connectivity index (χ4v) is 1.06. The van der Waals surface area contributed by atoms with Crippen molar-refractivity contribution in [2.75, 3.05) is 0 Å². The molecule has 0 amide bonds. The third kappa shape index (κ3) is 1.58. The molecular formula is C9H7MnNO. The molecule has 0 bridgehead atoms. The van der Waals surface area contributed by atoms with Crippen LogP contribution in [0.4, 0.5) is 0 Å². The Morgan fingerprint density at radius 2 is 1.75 bits per heavy atom. The Kier molecular flexibility index (Phi) is 2.69. The van der Waals surface area contributed by atoms with Gasteiger partial charge in [0.1, 0.15) is 0 Å². The number of benzene rings is 1. The van der Waals surface area contributed by atoms with Gasteiger partial charge in [-0.3, -0.25) is 0 Å². The zero-order valence-corrected chi connectivity index (χ0v) is 7.42. The summed E-state index contributed by atoms with van der Waals surface area (Å²) in [5, 5.41) is 10.1. The van der Waals surface area contributed by atoms with E-state index in [9.17, 15) is 0 Å². The molecule has 0 saturated heterocycles. The van der Waals surface area contributed by atoms with E-state index in [0.717, 1.165) is 10.9 Å². The van der Waals surface area contributed by atoms with Crippen LogP contribution in [-0.4, -0.2) is 10.1 Å². The van der Waals surface area contributed by atoms with Crippen LogP contribution in [0.25, 0.3) is 10.9 Å². The number of aromatic hydroxyl groups is 1. The molecule has 1 radical (unpaired) electrons. The second kappa shape index (κ2) is 3.57. The molecule has 0 spiro atoms. The van der Waals surface area contributed by atoms with Crippen molar-refractivity contribution in [3.63, 3.8) is 0 Å². The molecule has 0 fully saturated rings. The van der Waals surface area contributed by atoms with Gasteiger partial charge in [0.2, 0.25) is 5.88 Å². The van der Waals surface area contributed by atoms with Crippen LogP contribution in [0.2, 0.25) is 0 Å². The summed E-state index contributed by atoms with van der Waals surface area (Å²) in [6.45, 7) is 0. The molecule has 2 aromatic rings. The molecule has 3 heteroatoms. The van der Waals surface area contributed by atoms with Crippen LogP contribution < -0.4 is 0 Å². The molecule has 0 saturated carbocycles. The van der Waals surface area contributed by atoms with E-state index in [1.54, 1.807) is 6.07 Å². The van der Waals surface area contributed by atoms with Crippen molar-refractivity contribution in [3.05, 3.63) is 36.4 Å². The first kappa shape index (κ1) is 9.04. The minimum Gasteiger partial charge on any atom is -0.493 e. The number of aromatic nitrogens is 1. The van der Waals surface area contributed by atoms with Gasteiger partial charge in [-0.2, -0.15) is 0 Å². The summed E-state index contributed by atoms with van der Waals surface area (Å²) in [6, 6.07) is 11.1. The van der Waals surface area contributed by atoms with Crippen molar-refractivity contribution in [2.24, 2.45) is 0 Å². The Balaban J connectivity index is 0.000000720. The number of rotatable bonds is 0. The van der Waals surface area contributed by atoms with Crippen LogP contribution in [0, 0.1) is 0 Å². The zero-order valence-electron chi connectivity index (χ0n) is 6.24. The van der Waals surface area contributed by atoms with Crippen molar-refractivity contribution in [1.82, 2.24) is 4.98 Å². The summed E-state index contributed by atoms with van der Waals surface area (Å²) < 4.78 is 0. The molecule has 2 rings (SSSR count). The van der Waals surface area contributed by atoms with E-state index >= 15 is 0 Å². The predicted molar refractivity (Wildman–Crippen MR) is 43.4 cm³/mol. The molecule has 0 atom stereocenters.